The third-order valence-electron chi connectivity index (χ3n) is 6.44. The highest BCUT2D eigenvalue weighted by molar-refractivity contribution is 7.92. The number of carbonyl (C=O) groups excluding carboxylic acids is 2. The number of benzene rings is 3. The molecule has 0 bridgehead atoms. The number of hydrogen-bond acceptors (Lipinski definition) is 4. The number of halogens is 2. The number of aryl methyl sites for hydroxylation is 1. The van der Waals surface area contributed by atoms with E-state index in [0.29, 0.717) is 11.4 Å². The maximum Gasteiger partial charge on any atom is 0.264 e. The van der Waals surface area contributed by atoms with Crippen LogP contribution in [0.3, 0.4) is 0 Å². The molecule has 3 rings (SSSR count). The first-order chi connectivity index (χ1) is 18.4. The van der Waals surface area contributed by atoms with Crippen molar-refractivity contribution in [1.29, 1.82) is 0 Å². The number of sulfonamides is 1. The predicted molar refractivity (Wildman–Crippen MR) is 151 cm³/mol. The van der Waals surface area contributed by atoms with Crippen molar-refractivity contribution in [3.05, 3.63) is 94.8 Å². The second kappa shape index (κ2) is 13.1. The third kappa shape index (κ3) is 7.58. The molecule has 0 aliphatic heterocycles. The molecule has 3 aromatic rings. The van der Waals surface area contributed by atoms with Crippen LogP contribution < -0.4 is 9.62 Å². The van der Waals surface area contributed by atoms with E-state index in [1.165, 1.54) is 47.4 Å². The summed E-state index contributed by atoms with van der Waals surface area (Å²) >= 11 is 5.97. The highest BCUT2D eigenvalue weighted by atomic mass is 35.5. The first-order valence-corrected chi connectivity index (χ1v) is 14.4. The van der Waals surface area contributed by atoms with Gasteiger partial charge >= 0.3 is 0 Å². The number of nitrogens with one attached hydrogen (secondary N) is 1. The monoisotopic (exact) mass is 573 g/mol. The maximum absolute atomic E-state index is 14.6. The van der Waals surface area contributed by atoms with Gasteiger partial charge in [0.1, 0.15) is 18.4 Å². The van der Waals surface area contributed by atoms with Gasteiger partial charge < -0.3 is 10.2 Å². The van der Waals surface area contributed by atoms with Crippen LogP contribution in [-0.4, -0.2) is 43.8 Å². The van der Waals surface area contributed by atoms with Gasteiger partial charge in [0, 0.05) is 23.2 Å². The molecular weight excluding hydrogens is 541 g/mol. The molecule has 10 heteroatoms. The van der Waals surface area contributed by atoms with Crippen molar-refractivity contribution in [2.24, 2.45) is 0 Å². The van der Waals surface area contributed by atoms with E-state index in [9.17, 15) is 22.4 Å². The van der Waals surface area contributed by atoms with Gasteiger partial charge in [0.15, 0.2) is 0 Å². The number of carbonyl (C=O) groups is 2. The Morgan fingerprint density at radius 1 is 1.00 bits per heavy atom. The minimum Gasteiger partial charge on any atom is -0.352 e. The summed E-state index contributed by atoms with van der Waals surface area (Å²) in [5.74, 6) is -1.62. The molecule has 3 aromatic carbocycles. The minimum atomic E-state index is -4.21. The Hall–Kier alpha value is -3.43. The Bertz CT molecular complexity index is 1420. The Morgan fingerprint density at radius 2 is 1.67 bits per heavy atom. The quantitative estimate of drug-likeness (QED) is 0.337. The second-order valence-corrected chi connectivity index (χ2v) is 11.7. The van der Waals surface area contributed by atoms with Crippen LogP contribution in [0, 0.1) is 12.7 Å². The van der Waals surface area contributed by atoms with Gasteiger partial charge in [-0.3, -0.25) is 13.9 Å². The summed E-state index contributed by atoms with van der Waals surface area (Å²) in [6, 6.07) is 17.2. The van der Waals surface area contributed by atoms with Crippen LogP contribution in [0.1, 0.15) is 38.3 Å². The second-order valence-electron chi connectivity index (χ2n) is 9.41. The van der Waals surface area contributed by atoms with Crippen LogP contribution in [-0.2, 0) is 26.2 Å². The van der Waals surface area contributed by atoms with Gasteiger partial charge in [0.2, 0.25) is 11.8 Å². The van der Waals surface area contributed by atoms with Crippen LogP contribution in [0.25, 0.3) is 0 Å². The predicted octanol–water partition coefficient (Wildman–Crippen LogP) is 5.31. The maximum atomic E-state index is 14.6. The lowest BCUT2D eigenvalue weighted by molar-refractivity contribution is -0.139. The normalized spacial score (nSPS) is 12.9. The van der Waals surface area contributed by atoms with Crippen molar-refractivity contribution < 1.29 is 22.4 Å². The molecule has 2 atom stereocenters. The number of nitrogens with zero attached hydrogens (tertiary/aromatic N) is 2. The Balaban J connectivity index is 2.04. The van der Waals surface area contributed by atoms with E-state index >= 15 is 0 Å². The van der Waals surface area contributed by atoms with E-state index in [1.54, 1.807) is 31.2 Å². The lowest BCUT2D eigenvalue weighted by atomic mass is 10.1. The van der Waals surface area contributed by atoms with Crippen LogP contribution >= 0.6 is 11.6 Å². The SMILES string of the molecule is CC[C@@H](C)NC(=O)[C@@H](C)N(Cc1ccccc1F)C(=O)CN(c1cccc(C)c1)S(=O)(=O)c1ccc(Cl)cc1. The average molecular weight is 574 g/mol. The number of amides is 2. The molecule has 0 aliphatic rings. The van der Waals surface area contributed by atoms with Crippen molar-refractivity contribution in [2.75, 3.05) is 10.8 Å². The molecule has 39 heavy (non-hydrogen) atoms. The molecule has 1 N–H and O–H groups in total. The molecule has 0 radical (unpaired) electrons. The molecule has 0 aromatic heterocycles. The van der Waals surface area contributed by atoms with Gasteiger partial charge in [-0.05, 0) is 75.2 Å². The average Bonchev–Trinajstić information content (AvgIpc) is 2.90. The Labute approximate surface area is 234 Å². The molecular formula is C29H33ClFN3O4S. The summed E-state index contributed by atoms with van der Waals surface area (Å²) in [5.41, 5.74) is 1.28. The Kier molecular flexibility index (Phi) is 10.1. The Morgan fingerprint density at radius 3 is 2.28 bits per heavy atom. The van der Waals surface area contributed by atoms with Gasteiger partial charge in [-0.1, -0.05) is 48.9 Å². The smallest absolute Gasteiger partial charge is 0.264 e. The lowest BCUT2D eigenvalue weighted by Crippen LogP contribution is -2.52. The van der Waals surface area contributed by atoms with Crippen molar-refractivity contribution in [2.45, 2.75) is 57.6 Å². The van der Waals surface area contributed by atoms with Crippen molar-refractivity contribution in [1.82, 2.24) is 10.2 Å². The summed E-state index contributed by atoms with van der Waals surface area (Å²) in [6.45, 7) is 6.28. The first-order valence-electron chi connectivity index (χ1n) is 12.6. The number of anilines is 1. The minimum absolute atomic E-state index is 0.0515. The molecule has 0 fully saturated rings. The molecule has 0 spiro atoms. The molecule has 0 heterocycles. The summed E-state index contributed by atoms with van der Waals surface area (Å²) < 4.78 is 43.2. The molecule has 2 amide bonds. The molecule has 0 aliphatic carbocycles. The summed E-state index contributed by atoms with van der Waals surface area (Å²) in [5, 5.41) is 3.21. The molecule has 7 nitrogen and oxygen atoms in total. The van der Waals surface area contributed by atoms with Crippen LogP contribution in [0.5, 0.6) is 0 Å². The van der Waals surface area contributed by atoms with Crippen molar-refractivity contribution in [3.63, 3.8) is 0 Å². The largest absolute Gasteiger partial charge is 0.352 e. The standard InChI is InChI=1S/C29H33ClFN3O4S/c1-5-21(3)32-29(36)22(4)33(18-23-10-6-7-12-27(23)31)28(35)19-34(25-11-8-9-20(2)17-25)39(37,38)26-15-13-24(30)14-16-26/h6-17,21-22H,5,18-19H2,1-4H3,(H,32,36)/t21-,22-/m1/s1. The van der Waals surface area contributed by atoms with Gasteiger partial charge in [0.05, 0.1) is 10.6 Å². The van der Waals surface area contributed by atoms with E-state index < -0.39 is 40.2 Å². The van der Waals surface area contributed by atoms with E-state index in [4.69, 9.17) is 11.6 Å². The summed E-state index contributed by atoms with van der Waals surface area (Å²) in [6.07, 6.45) is 0.681. The van der Waals surface area contributed by atoms with Crippen LogP contribution in [0.4, 0.5) is 10.1 Å². The van der Waals surface area contributed by atoms with Crippen LogP contribution in [0.15, 0.2) is 77.7 Å². The molecule has 208 valence electrons. The fourth-order valence-corrected chi connectivity index (χ4v) is 5.44. The van der Waals surface area contributed by atoms with Crippen molar-refractivity contribution in [3.8, 4) is 0 Å². The lowest BCUT2D eigenvalue weighted by Gasteiger charge is -2.32. The zero-order valence-electron chi connectivity index (χ0n) is 22.4. The fraction of sp³-hybridized carbons (Fsp3) is 0.310. The fourth-order valence-electron chi connectivity index (χ4n) is 3.90. The molecule has 0 unspecified atom stereocenters. The number of rotatable bonds is 11. The first kappa shape index (κ1) is 30.1. The highest BCUT2D eigenvalue weighted by Gasteiger charge is 2.33. The zero-order valence-corrected chi connectivity index (χ0v) is 24.0. The molecule has 0 saturated carbocycles. The van der Waals surface area contributed by atoms with Gasteiger partial charge in [-0.2, -0.15) is 0 Å². The van der Waals surface area contributed by atoms with E-state index in [2.05, 4.69) is 5.32 Å². The zero-order chi connectivity index (χ0) is 28.7. The summed E-state index contributed by atoms with van der Waals surface area (Å²) in [4.78, 5) is 28.1. The van der Waals surface area contributed by atoms with E-state index in [-0.39, 0.29) is 28.7 Å². The number of hydrogen-bond donors (Lipinski definition) is 1. The topological polar surface area (TPSA) is 86.8 Å². The summed E-state index contributed by atoms with van der Waals surface area (Å²) in [7, 11) is -4.21. The third-order valence-corrected chi connectivity index (χ3v) is 8.48. The highest BCUT2D eigenvalue weighted by Crippen LogP contribution is 2.26. The van der Waals surface area contributed by atoms with Gasteiger partial charge in [-0.15, -0.1) is 0 Å². The van der Waals surface area contributed by atoms with Gasteiger partial charge in [0.25, 0.3) is 10.0 Å². The van der Waals surface area contributed by atoms with Crippen molar-refractivity contribution >= 4 is 39.1 Å². The van der Waals surface area contributed by atoms with Gasteiger partial charge in [-0.25, -0.2) is 12.8 Å². The van der Waals surface area contributed by atoms with Crippen LogP contribution in [0.2, 0.25) is 5.02 Å². The molecule has 0 saturated heterocycles. The van der Waals surface area contributed by atoms with E-state index in [0.717, 1.165) is 9.87 Å². The van der Waals surface area contributed by atoms with E-state index in [1.807, 2.05) is 26.8 Å².